The number of furan rings is 1. The summed E-state index contributed by atoms with van der Waals surface area (Å²) in [6, 6.07) is 57.9. The van der Waals surface area contributed by atoms with Crippen LogP contribution in [-0.2, 0) is 0 Å². The average Bonchev–Trinajstić information content (AvgIpc) is 3.95. The van der Waals surface area contributed by atoms with Crippen LogP contribution >= 0.6 is 45.3 Å². The van der Waals surface area contributed by atoms with Gasteiger partial charge < -0.3 is 8.98 Å². The lowest BCUT2D eigenvalue weighted by Gasteiger charge is -2.21. The summed E-state index contributed by atoms with van der Waals surface area (Å²) in [4.78, 5) is 0. The normalized spacial score (nSPS) is 12.2. The van der Waals surface area contributed by atoms with E-state index in [0.29, 0.717) is 0 Å². The maximum absolute atomic E-state index is 6.57. The zero-order chi connectivity index (χ0) is 34.8. The molecule has 248 valence electrons. The molecule has 0 aliphatic carbocycles. The van der Waals surface area contributed by atoms with Gasteiger partial charge in [0.2, 0.25) is 0 Å². The summed E-state index contributed by atoms with van der Waals surface area (Å²) in [5.74, 6) is 0. The van der Waals surface area contributed by atoms with E-state index in [-0.39, 0.29) is 0 Å². The van der Waals surface area contributed by atoms with Gasteiger partial charge in [-0.25, -0.2) is 0 Å². The fraction of sp³-hybridized carbons (Fsp3) is 0. The molecule has 12 rings (SSSR count). The molecular formula is C48H26INOS2. The molecule has 0 unspecified atom stereocenters. The van der Waals surface area contributed by atoms with Gasteiger partial charge >= 0.3 is 0 Å². The van der Waals surface area contributed by atoms with Gasteiger partial charge in [0.25, 0.3) is 0 Å². The number of thiophene rings is 2. The molecule has 8 aromatic carbocycles. The molecule has 5 heteroatoms. The predicted molar refractivity (Wildman–Crippen MR) is 237 cm³/mol. The Hall–Kier alpha value is -5.47. The summed E-state index contributed by atoms with van der Waals surface area (Å²) in [6.07, 6.45) is 0. The Kier molecular flexibility index (Phi) is 6.39. The first-order valence-electron chi connectivity index (χ1n) is 17.7. The summed E-state index contributed by atoms with van der Waals surface area (Å²) in [6.45, 7) is 0. The van der Waals surface area contributed by atoms with Crippen LogP contribution in [0.3, 0.4) is 0 Å². The number of hydrogen-bond donors (Lipinski definition) is 0. The van der Waals surface area contributed by atoms with Crippen molar-refractivity contribution in [3.63, 3.8) is 0 Å². The number of benzene rings is 8. The smallest absolute Gasteiger partial charge is 0.137 e. The van der Waals surface area contributed by atoms with E-state index < -0.39 is 0 Å². The molecule has 0 aliphatic heterocycles. The van der Waals surface area contributed by atoms with Crippen LogP contribution in [0.5, 0.6) is 0 Å². The number of para-hydroxylation sites is 2. The Morgan fingerprint density at radius 3 is 1.60 bits per heavy atom. The van der Waals surface area contributed by atoms with Crippen molar-refractivity contribution in [3.05, 3.63) is 161 Å². The minimum Gasteiger partial charge on any atom is -0.456 e. The monoisotopic (exact) mass is 823 g/mol. The predicted octanol–water partition coefficient (Wildman–Crippen LogP) is 15.4. The Balaban J connectivity index is 1.28. The van der Waals surface area contributed by atoms with Crippen molar-refractivity contribution in [1.82, 2.24) is 4.57 Å². The van der Waals surface area contributed by atoms with Crippen LogP contribution in [0, 0.1) is 3.57 Å². The lowest BCUT2D eigenvalue weighted by molar-refractivity contribution is 0.669. The molecule has 53 heavy (non-hydrogen) atoms. The number of rotatable bonds is 3. The van der Waals surface area contributed by atoms with E-state index in [1.165, 1.54) is 88.1 Å². The Bertz CT molecular complexity index is 3350. The molecule has 4 heterocycles. The highest BCUT2D eigenvalue weighted by Gasteiger charge is 2.25. The fourth-order valence-electron chi connectivity index (χ4n) is 8.60. The van der Waals surface area contributed by atoms with Crippen molar-refractivity contribution in [2.45, 2.75) is 0 Å². The van der Waals surface area contributed by atoms with Crippen molar-refractivity contribution < 1.29 is 4.42 Å². The summed E-state index contributed by atoms with van der Waals surface area (Å²) in [7, 11) is 0. The lowest BCUT2D eigenvalue weighted by Crippen LogP contribution is -2.02. The first kappa shape index (κ1) is 30.0. The van der Waals surface area contributed by atoms with Gasteiger partial charge in [0.1, 0.15) is 11.2 Å². The molecular weight excluding hydrogens is 798 g/mol. The van der Waals surface area contributed by atoms with Crippen molar-refractivity contribution in [2.24, 2.45) is 0 Å². The van der Waals surface area contributed by atoms with Crippen molar-refractivity contribution >= 4 is 129 Å². The highest BCUT2D eigenvalue weighted by molar-refractivity contribution is 14.1. The van der Waals surface area contributed by atoms with Gasteiger partial charge in [-0.15, -0.1) is 22.7 Å². The van der Waals surface area contributed by atoms with E-state index in [1.54, 1.807) is 0 Å². The highest BCUT2D eigenvalue weighted by atomic mass is 127. The summed E-state index contributed by atoms with van der Waals surface area (Å²) in [5, 5.41) is 9.94. The number of halogens is 1. The van der Waals surface area contributed by atoms with Crippen molar-refractivity contribution in [1.29, 1.82) is 0 Å². The number of hydrogen-bond acceptors (Lipinski definition) is 3. The highest BCUT2D eigenvalue weighted by Crippen LogP contribution is 2.49. The molecule has 0 bridgehead atoms. The molecule has 0 amide bonds. The van der Waals surface area contributed by atoms with Gasteiger partial charge in [0.15, 0.2) is 0 Å². The molecule has 12 aromatic rings. The molecule has 0 fully saturated rings. The Labute approximate surface area is 325 Å². The third-order valence-electron chi connectivity index (χ3n) is 10.9. The zero-order valence-electron chi connectivity index (χ0n) is 28.1. The minimum atomic E-state index is 0.898. The Morgan fingerprint density at radius 1 is 0.396 bits per heavy atom. The molecule has 0 saturated carbocycles. The van der Waals surface area contributed by atoms with E-state index in [2.05, 4.69) is 179 Å². The lowest BCUT2D eigenvalue weighted by atomic mass is 9.93. The molecule has 0 aliphatic rings. The number of fused-ring (bicyclic) bond motifs is 12. The first-order valence-corrected chi connectivity index (χ1v) is 20.4. The van der Waals surface area contributed by atoms with Crippen LogP contribution in [0.2, 0.25) is 0 Å². The second-order valence-corrected chi connectivity index (χ2v) is 17.1. The molecule has 0 radical (unpaired) electrons. The zero-order valence-corrected chi connectivity index (χ0v) is 31.9. The largest absolute Gasteiger partial charge is 0.456 e. The van der Waals surface area contributed by atoms with Crippen LogP contribution in [0.1, 0.15) is 0 Å². The topological polar surface area (TPSA) is 18.1 Å². The van der Waals surface area contributed by atoms with Crippen LogP contribution in [-0.4, -0.2) is 4.57 Å². The number of nitrogens with zero attached hydrogens (tertiary/aromatic N) is 1. The van der Waals surface area contributed by atoms with Gasteiger partial charge in [-0.05, 0) is 65.1 Å². The van der Waals surface area contributed by atoms with E-state index >= 15 is 0 Å². The van der Waals surface area contributed by atoms with Crippen LogP contribution in [0.4, 0.5) is 0 Å². The van der Waals surface area contributed by atoms with Gasteiger partial charge in [-0.1, -0.05) is 109 Å². The van der Waals surface area contributed by atoms with Crippen molar-refractivity contribution in [3.8, 4) is 27.9 Å². The second-order valence-electron chi connectivity index (χ2n) is 13.7. The van der Waals surface area contributed by atoms with Gasteiger partial charge in [0, 0.05) is 93.8 Å². The van der Waals surface area contributed by atoms with Gasteiger partial charge in [0.05, 0.1) is 16.7 Å². The van der Waals surface area contributed by atoms with Gasteiger partial charge in [-0.2, -0.15) is 0 Å². The third-order valence-corrected chi connectivity index (χ3v) is 13.9. The van der Waals surface area contributed by atoms with Crippen molar-refractivity contribution in [2.75, 3.05) is 0 Å². The first-order chi connectivity index (χ1) is 26.2. The maximum atomic E-state index is 6.57. The van der Waals surface area contributed by atoms with E-state index in [1.807, 2.05) is 28.7 Å². The minimum absolute atomic E-state index is 0.898. The molecule has 0 atom stereocenters. The molecule has 4 aromatic heterocycles. The second kappa shape index (κ2) is 11.3. The molecule has 0 N–H and O–H groups in total. The standard InChI is InChI=1S/C48H26INOS2/c49-27-23-38(34-17-9-15-32-30-13-3-7-21-44(30)52-47(32)34)46(39(24-27)35-18-10-16-33-31-14-4-8-22-45(31)53-48(33)35)50-40-19-5-1-11-28(40)36-25-37-29-12-2-6-20-42(29)51-43(37)26-41(36)50/h1-26H. The molecule has 2 nitrogen and oxygen atoms in total. The SMILES string of the molecule is Ic1cc(-c2cccc3c2sc2ccccc23)c(-n2c3ccccc3c3cc4c(cc32)oc2ccccc24)c(-c2cccc3c2sc2ccccc23)c1. The fourth-order valence-corrected chi connectivity index (χ4v) is 11.7. The quantitative estimate of drug-likeness (QED) is 0.162. The van der Waals surface area contributed by atoms with E-state index in [4.69, 9.17) is 4.42 Å². The van der Waals surface area contributed by atoms with E-state index in [0.717, 1.165) is 27.5 Å². The van der Waals surface area contributed by atoms with Crippen LogP contribution in [0.15, 0.2) is 162 Å². The van der Waals surface area contributed by atoms with Crippen LogP contribution < -0.4 is 0 Å². The summed E-state index contributed by atoms with van der Waals surface area (Å²) >= 11 is 6.31. The van der Waals surface area contributed by atoms with Gasteiger partial charge in [-0.3, -0.25) is 0 Å². The summed E-state index contributed by atoms with van der Waals surface area (Å²) < 4.78 is 15.5. The van der Waals surface area contributed by atoms with E-state index in [9.17, 15) is 0 Å². The molecule has 0 spiro atoms. The maximum Gasteiger partial charge on any atom is 0.137 e. The summed E-state index contributed by atoms with van der Waals surface area (Å²) in [5.41, 5.74) is 10.2. The third kappa shape index (κ3) is 4.30. The number of aromatic nitrogens is 1. The molecule has 0 saturated heterocycles. The Morgan fingerprint density at radius 2 is 0.943 bits per heavy atom. The average molecular weight is 824 g/mol. The van der Waals surface area contributed by atoms with Crippen LogP contribution in [0.25, 0.3) is 112 Å².